The topological polar surface area (TPSA) is 150 Å². The van der Waals surface area contributed by atoms with Crippen LogP contribution in [0.2, 0.25) is 0 Å². The van der Waals surface area contributed by atoms with Gasteiger partial charge in [-0.1, -0.05) is 58.8 Å². The standard InChI is InChI=1S/C21H29N3O6S2/c1-13(11-31-32-12-15(22)20(27)28)19(26)24-9-5-8-17(24)18(25)23-16(21(29)30)10-14-6-3-2-4-7-14/h2-4,6-7,13,15-17H,5,8-12,22H2,1H3,(H,23,25)(H,27,28)(H,29,30)/t13?,15?,16-,17-/m0/s1. The Morgan fingerprint density at radius 3 is 2.41 bits per heavy atom. The zero-order chi connectivity index (χ0) is 23.7. The predicted molar refractivity (Wildman–Crippen MR) is 124 cm³/mol. The zero-order valence-corrected chi connectivity index (χ0v) is 19.4. The number of carboxylic acids is 2. The largest absolute Gasteiger partial charge is 0.480 e. The van der Waals surface area contributed by atoms with Gasteiger partial charge in [-0.3, -0.25) is 14.4 Å². The zero-order valence-electron chi connectivity index (χ0n) is 17.8. The summed E-state index contributed by atoms with van der Waals surface area (Å²) in [7, 11) is 2.66. The van der Waals surface area contributed by atoms with E-state index in [1.54, 1.807) is 31.2 Å². The molecule has 1 aromatic carbocycles. The molecule has 1 aromatic rings. The Labute approximate surface area is 194 Å². The molecule has 0 radical (unpaired) electrons. The predicted octanol–water partition coefficient (Wildman–Crippen LogP) is 1.22. The fraction of sp³-hybridized carbons (Fsp3) is 0.524. The molecule has 176 valence electrons. The van der Waals surface area contributed by atoms with Gasteiger partial charge in [0.05, 0.1) is 0 Å². The number of aliphatic carboxylic acids is 2. The summed E-state index contributed by atoms with van der Waals surface area (Å²) in [6, 6.07) is 6.32. The minimum atomic E-state index is -1.13. The number of nitrogens with one attached hydrogen (secondary N) is 1. The molecule has 1 heterocycles. The van der Waals surface area contributed by atoms with Crippen molar-refractivity contribution in [3.05, 3.63) is 35.9 Å². The Balaban J connectivity index is 1.90. The summed E-state index contributed by atoms with van der Waals surface area (Å²) in [4.78, 5) is 49.7. The molecule has 11 heteroatoms. The summed E-state index contributed by atoms with van der Waals surface area (Å²) in [6.45, 7) is 2.20. The molecular weight excluding hydrogens is 454 g/mol. The first kappa shape index (κ1) is 26.0. The Hall–Kier alpha value is -2.24. The molecule has 5 N–H and O–H groups in total. The van der Waals surface area contributed by atoms with Gasteiger partial charge < -0.3 is 26.2 Å². The summed E-state index contributed by atoms with van der Waals surface area (Å²) in [5.41, 5.74) is 6.26. The van der Waals surface area contributed by atoms with Crippen molar-refractivity contribution in [3.63, 3.8) is 0 Å². The van der Waals surface area contributed by atoms with Gasteiger partial charge in [0.1, 0.15) is 18.1 Å². The monoisotopic (exact) mass is 483 g/mol. The fourth-order valence-electron chi connectivity index (χ4n) is 3.32. The third kappa shape index (κ3) is 7.72. The summed E-state index contributed by atoms with van der Waals surface area (Å²) in [5.74, 6) is -2.52. The molecule has 0 saturated carbocycles. The van der Waals surface area contributed by atoms with E-state index in [1.165, 1.54) is 26.5 Å². The van der Waals surface area contributed by atoms with Gasteiger partial charge in [-0.25, -0.2) is 4.79 Å². The van der Waals surface area contributed by atoms with Gasteiger partial charge in [-0.05, 0) is 18.4 Å². The van der Waals surface area contributed by atoms with Crippen LogP contribution in [0.1, 0.15) is 25.3 Å². The van der Waals surface area contributed by atoms with E-state index < -0.39 is 36.0 Å². The highest BCUT2D eigenvalue weighted by molar-refractivity contribution is 8.76. The van der Waals surface area contributed by atoms with E-state index in [2.05, 4.69) is 5.32 Å². The maximum atomic E-state index is 12.9. The summed E-state index contributed by atoms with van der Waals surface area (Å²) in [5, 5.41) is 20.9. The van der Waals surface area contributed by atoms with Gasteiger partial charge in [0.2, 0.25) is 11.8 Å². The number of carbonyl (C=O) groups is 4. The number of carboxylic acid groups (broad SMARTS) is 2. The number of nitrogens with two attached hydrogens (primary N) is 1. The third-order valence-corrected chi connectivity index (χ3v) is 7.74. The second-order valence-corrected chi connectivity index (χ2v) is 10.2. The fourth-order valence-corrected chi connectivity index (χ4v) is 5.78. The average molecular weight is 484 g/mol. The molecule has 9 nitrogen and oxygen atoms in total. The van der Waals surface area contributed by atoms with E-state index in [-0.39, 0.29) is 24.0 Å². The number of benzene rings is 1. The molecule has 1 fully saturated rings. The van der Waals surface area contributed by atoms with Crippen LogP contribution in [0.3, 0.4) is 0 Å². The van der Waals surface area contributed by atoms with E-state index in [9.17, 15) is 24.3 Å². The van der Waals surface area contributed by atoms with Crippen LogP contribution in [0.15, 0.2) is 30.3 Å². The Kier molecular flexibility index (Phi) is 10.3. The molecule has 32 heavy (non-hydrogen) atoms. The van der Waals surface area contributed by atoms with Gasteiger partial charge in [-0.15, -0.1) is 0 Å². The lowest BCUT2D eigenvalue weighted by molar-refractivity contribution is -0.144. The third-order valence-electron chi connectivity index (χ3n) is 5.12. The van der Waals surface area contributed by atoms with Gasteiger partial charge in [0.15, 0.2) is 0 Å². The second kappa shape index (κ2) is 12.7. The van der Waals surface area contributed by atoms with Crippen molar-refractivity contribution in [2.75, 3.05) is 18.1 Å². The number of rotatable bonds is 12. The van der Waals surface area contributed by atoms with Crippen LogP contribution in [-0.2, 0) is 25.6 Å². The van der Waals surface area contributed by atoms with Gasteiger partial charge >= 0.3 is 11.9 Å². The molecular formula is C21H29N3O6S2. The summed E-state index contributed by atoms with van der Waals surface area (Å²) in [6.07, 6.45) is 1.31. The molecule has 2 unspecified atom stereocenters. The lowest BCUT2D eigenvalue weighted by atomic mass is 10.1. The van der Waals surface area contributed by atoms with Gasteiger partial charge in [0.25, 0.3) is 0 Å². The summed E-state index contributed by atoms with van der Waals surface area (Å²) < 4.78 is 0. The highest BCUT2D eigenvalue weighted by atomic mass is 33.1. The molecule has 1 saturated heterocycles. The van der Waals surface area contributed by atoms with Gasteiger partial charge in [-0.2, -0.15) is 0 Å². The van der Waals surface area contributed by atoms with Crippen molar-refractivity contribution in [2.45, 2.75) is 44.3 Å². The minimum Gasteiger partial charge on any atom is -0.480 e. The number of amides is 2. The number of carbonyl (C=O) groups excluding carboxylic acids is 2. The molecule has 1 aliphatic heterocycles. The molecule has 0 bridgehead atoms. The molecule has 4 atom stereocenters. The van der Waals surface area contributed by atoms with E-state index in [1.807, 2.05) is 6.07 Å². The molecule has 0 spiro atoms. The van der Waals surface area contributed by atoms with Crippen molar-refractivity contribution < 1.29 is 29.4 Å². The SMILES string of the molecule is CC(CSSCC(N)C(=O)O)C(=O)N1CCC[C@H]1C(=O)N[C@@H](Cc1ccccc1)C(=O)O. The molecule has 2 rings (SSSR count). The van der Waals surface area contributed by atoms with Crippen molar-refractivity contribution in [3.8, 4) is 0 Å². The van der Waals surface area contributed by atoms with Crippen LogP contribution in [0, 0.1) is 5.92 Å². The quantitative estimate of drug-likeness (QED) is 0.254. The number of hydrogen-bond acceptors (Lipinski definition) is 7. The van der Waals surface area contributed by atoms with Crippen molar-refractivity contribution in [1.29, 1.82) is 0 Å². The Bertz CT molecular complexity index is 810. The van der Waals surface area contributed by atoms with Crippen molar-refractivity contribution in [2.24, 2.45) is 11.7 Å². The van der Waals surface area contributed by atoms with E-state index in [0.29, 0.717) is 25.1 Å². The number of likely N-dealkylation sites (tertiary alicyclic amines) is 1. The minimum absolute atomic E-state index is 0.158. The van der Waals surface area contributed by atoms with Crippen LogP contribution in [0.4, 0.5) is 0 Å². The Morgan fingerprint density at radius 1 is 1.12 bits per heavy atom. The molecule has 0 aliphatic carbocycles. The first-order chi connectivity index (χ1) is 15.2. The lowest BCUT2D eigenvalue weighted by Crippen LogP contribution is -2.52. The second-order valence-electron chi connectivity index (χ2n) is 7.69. The lowest BCUT2D eigenvalue weighted by Gasteiger charge is -2.27. The average Bonchev–Trinajstić information content (AvgIpc) is 3.26. The van der Waals surface area contributed by atoms with E-state index in [4.69, 9.17) is 10.8 Å². The van der Waals surface area contributed by atoms with Crippen LogP contribution in [-0.4, -0.2) is 75.0 Å². The first-order valence-electron chi connectivity index (χ1n) is 10.3. The van der Waals surface area contributed by atoms with Crippen LogP contribution in [0.25, 0.3) is 0 Å². The Morgan fingerprint density at radius 2 is 1.78 bits per heavy atom. The summed E-state index contributed by atoms with van der Waals surface area (Å²) >= 11 is 0. The number of nitrogens with zero attached hydrogens (tertiary/aromatic N) is 1. The van der Waals surface area contributed by atoms with Crippen molar-refractivity contribution in [1.82, 2.24) is 10.2 Å². The highest BCUT2D eigenvalue weighted by Gasteiger charge is 2.37. The van der Waals surface area contributed by atoms with E-state index in [0.717, 1.165) is 5.56 Å². The maximum absolute atomic E-state index is 12.9. The van der Waals surface area contributed by atoms with Crippen LogP contribution >= 0.6 is 21.6 Å². The van der Waals surface area contributed by atoms with Crippen LogP contribution in [0.5, 0.6) is 0 Å². The number of hydrogen-bond donors (Lipinski definition) is 4. The van der Waals surface area contributed by atoms with Crippen LogP contribution < -0.4 is 11.1 Å². The molecule has 0 aromatic heterocycles. The smallest absolute Gasteiger partial charge is 0.326 e. The maximum Gasteiger partial charge on any atom is 0.326 e. The normalized spacial score (nSPS) is 18.6. The van der Waals surface area contributed by atoms with Gasteiger partial charge in [0, 0.05) is 30.4 Å². The first-order valence-corrected chi connectivity index (χ1v) is 12.8. The molecule has 2 amide bonds. The molecule has 1 aliphatic rings. The van der Waals surface area contributed by atoms with E-state index >= 15 is 0 Å². The highest BCUT2D eigenvalue weighted by Crippen LogP contribution is 2.27. The van der Waals surface area contributed by atoms with Crippen molar-refractivity contribution >= 4 is 45.3 Å².